The van der Waals surface area contributed by atoms with Gasteiger partial charge in [0.25, 0.3) is 0 Å². The lowest BCUT2D eigenvalue weighted by molar-refractivity contribution is 0.203. The summed E-state index contributed by atoms with van der Waals surface area (Å²) in [6.07, 6.45) is -0.147. The number of rotatable bonds is 4. The minimum absolute atomic E-state index is 0.147. The Morgan fingerprint density at radius 1 is 1.27 bits per heavy atom. The van der Waals surface area contributed by atoms with Crippen molar-refractivity contribution in [3.63, 3.8) is 0 Å². The molecule has 84 valence electrons. The van der Waals surface area contributed by atoms with Gasteiger partial charge in [0.05, 0.1) is 6.10 Å². The Bertz CT molecular complexity index is 361. The number of hydrogen-bond donors (Lipinski definition) is 1. The highest BCUT2D eigenvalue weighted by molar-refractivity contribution is 8.07. The molecular weight excluding hydrogens is 231 g/mol. The van der Waals surface area contributed by atoms with E-state index in [-0.39, 0.29) is 6.10 Å². The van der Waals surface area contributed by atoms with Crippen molar-refractivity contribution in [3.8, 4) is 5.75 Å². The van der Waals surface area contributed by atoms with Gasteiger partial charge in [0, 0.05) is 11.8 Å². The second kappa shape index (κ2) is 5.08. The molecule has 1 unspecified atom stereocenters. The first-order valence-electron chi connectivity index (χ1n) is 4.66. The molecule has 0 aliphatic heterocycles. The molecule has 0 amide bonds. The first-order chi connectivity index (χ1) is 6.89. The summed E-state index contributed by atoms with van der Waals surface area (Å²) in [7, 11) is 0. The fraction of sp³-hybridized carbons (Fsp3) is 0.400. The first-order valence-corrected chi connectivity index (χ1v) is 7.25. The van der Waals surface area contributed by atoms with Crippen LogP contribution in [0.4, 0.5) is 0 Å². The molecule has 3 nitrogen and oxygen atoms in total. The van der Waals surface area contributed by atoms with E-state index in [1.807, 2.05) is 19.1 Å². The monoisotopic (exact) mass is 246 g/mol. The Morgan fingerprint density at radius 3 is 2.27 bits per heavy atom. The van der Waals surface area contributed by atoms with E-state index in [2.05, 4.69) is 0 Å². The summed E-state index contributed by atoms with van der Waals surface area (Å²) in [5.41, 5.74) is 1.12. The summed E-state index contributed by atoms with van der Waals surface area (Å²) >= 11 is 4.86. The molecule has 15 heavy (non-hydrogen) atoms. The summed E-state index contributed by atoms with van der Waals surface area (Å²) in [5, 5.41) is 0. The molecule has 0 aromatic heterocycles. The van der Waals surface area contributed by atoms with Gasteiger partial charge < -0.3 is 9.42 Å². The molecule has 1 aromatic carbocycles. The Kier molecular flexibility index (Phi) is 4.29. The van der Waals surface area contributed by atoms with Crippen molar-refractivity contribution in [2.75, 3.05) is 0 Å². The maximum atomic E-state index is 9.69. The van der Waals surface area contributed by atoms with Crippen molar-refractivity contribution in [1.82, 2.24) is 0 Å². The lowest BCUT2D eigenvalue weighted by atomic mass is 10.2. The second-order valence-electron chi connectivity index (χ2n) is 3.53. The molecule has 0 saturated carbocycles. The van der Waals surface area contributed by atoms with Gasteiger partial charge in [-0.3, -0.25) is 4.52 Å². The fourth-order valence-electron chi connectivity index (χ4n) is 1.02. The van der Waals surface area contributed by atoms with E-state index in [1.165, 1.54) is 0 Å². The molecule has 0 aliphatic rings. The first kappa shape index (κ1) is 12.7. The quantitative estimate of drug-likeness (QED) is 0.829. The average molecular weight is 246 g/mol. The molecule has 0 spiro atoms. The predicted octanol–water partition coefficient (Wildman–Crippen LogP) is 3.02. The second-order valence-corrected chi connectivity index (χ2v) is 6.24. The van der Waals surface area contributed by atoms with Gasteiger partial charge in [0.15, 0.2) is 0 Å². The van der Waals surface area contributed by atoms with Crippen LogP contribution in [0.5, 0.6) is 5.75 Å². The van der Waals surface area contributed by atoms with Crippen molar-refractivity contribution in [2.45, 2.75) is 26.9 Å². The lowest BCUT2D eigenvalue weighted by Crippen LogP contribution is -2.04. The van der Waals surface area contributed by atoms with Crippen LogP contribution >= 0.6 is 6.72 Å². The molecule has 0 bridgehead atoms. The predicted molar refractivity (Wildman–Crippen MR) is 64.5 cm³/mol. The van der Waals surface area contributed by atoms with Gasteiger partial charge in [0.2, 0.25) is 0 Å². The van der Waals surface area contributed by atoms with Gasteiger partial charge in [-0.05, 0) is 32.9 Å². The van der Waals surface area contributed by atoms with E-state index in [0.29, 0.717) is 5.75 Å². The molecule has 5 heteroatoms. The maximum absolute atomic E-state index is 9.69. The Morgan fingerprint density at radius 2 is 1.80 bits per heavy atom. The normalized spacial score (nSPS) is 15.0. The van der Waals surface area contributed by atoms with Crippen molar-refractivity contribution in [2.24, 2.45) is 0 Å². The summed E-state index contributed by atoms with van der Waals surface area (Å²) in [6.45, 7) is 2.43. The Hall–Kier alpha value is -0.410. The third kappa shape index (κ3) is 4.76. The highest BCUT2D eigenvalue weighted by Gasteiger charge is 2.18. The molecule has 1 aromatic rings. The van der Waals surface area contributed by atoms with Crippen molar-refractivity contribution >= 4 is 18.5 Å². The molecule has 0 radical (unpaired) electrons. The van der Waals surface area contributed by atoms with Crippen LogP contribution in [-0.4, -0.2) is 11.0 Å². The van der Waals surface area contributed by atoms with Gasteiger partial charge in [-0.25, -0.2) is 0 Å². The van der Waals surface area contributed by atoms with Crippen LogP contribution in [0.25, 0.3) is 0 Å². The zero-order chi connectivity index (χ0) is 11.5. The standard InChI is InChI=1S/C10H15O3PS/c1-8(2)12-14(11,15)13-10-6-4-9(3)5-7-10/h4-8H,1-3H3,(H,11,15). The van der Waals surface area contributed by atoms with E-state index in [9.17, 15) is 4.89 Å². The largest absolute Gasteiger partial charge is 0.424 e. The van der Waals surface area contributed by atoms with Crippen LogP contribution in [0.15, 0.2) is 24.3 Å². The molecule has 1 atom stereocenters. The summed E-state index contributed by atoms with van der Waals surface area (Å²) in [6, 6.07) is 7.30. The lowest BCUT2D eigenvalue weighted by Gasteiger charge is -2.18. The molecule has 0 saturated heterocycles. The van der Waals surface area contributed by atoms with Crippen molar-refractivity contribution in [3.05, 3.63) is 29.8 Å². The van der Waals surface area contributed by atoms with Crippen LogP contribution in [0, 0.1) is 6.92 Å². The van der Waals surface area contributed by atoms with Crippen LogP contribution in [0.3, 0.4) is 0 Å². The van der Waals surface area contributed by atoms with E-state index in [4.69, 9.17) is 20.9 Å². The zero-order valence-corrected chi connectivity index (χ0v) is 10.7. The summed E-state index contributed by atoms with van der Waals surface area (Å²) in [5.74, 6) is 0.534. The average Bonchev–Trinajstić information content (AvgIpc) is 2.06. The van der Waals surface area contributed by atoms with Gasteiger partial charge in [0.1, 0.15) is 5.75 Å². The highest BCUT2D eigenvalue weighted by atomic mass is 32.5. The third-order valence-corrected chi connectivity index (χ3v) is 3.20. The number of hydrogen-bond acceptors (Lipinski definition) is 3. The number of benzene rings is 1. The van der Waals surface area contributed by atoms with Crippen LogP contribution < -0.4 is 4.52 Å². The van der Waals surface area contributed by atoms with Crippen molar-refractivity contribution < 1.29 is 13.9 Å². The minimum atomic E-state index is -3.15. The van der Waals surface area contributed by atoms with E-state index in [1.54, 1.807) is 26.0 Å². The minimum Gasteiger partial charge on any atom is -0.424 e. The topological polar surface area (TPSA) is 38.7 Å². The maximum Gasteiger partial charge on any atom is 0.378 e. The summed E-state index contributed by atoms with van der Waals surface area (Å²) in [4.78, 5) is 9.69. The highest BCUT2D eigenvalue weighted by Crippen LogP contribution is 2.45. The molecular formula is C10H15O3PS. The van der Waals surface area contributed by atoms with Gasteiger partial charge >= 0.3 is 6.72 Å². The molecule has 1 N–H and O–H groups in total. The van der Waals surface area contributed by atoms with Gasteiger partial charge in [-0.15, -0.1) is 0 Å². The van der Waals surface area contributed by atoms with E-state index >= 15 is 0 Å². The molecule has 0 aliphatic carbocycles. The van der Waals surface area contributed by atoms with E-state index < -0.39 is 6.72 Å². The SMILES string of the molecule is Cc1ccc(OP(O)(=S)OC(C)C)cc1. The van der Waals surface area contributed by atoms with Gasteiger partial charge in [-0.2, -0.15) is 0 Å². The van der Waals surface area contributed by atoms with Crippen molar-refractivity contribution in [1.29, 1.82) is 0 Å². The smallest absolute Gasteiger partial charge is 0.378 e. The summed E-state index contributed by atoms with van der Waals surface area (Å²) < 4.78 is 10.4. The Balaban J connectivity index is 2.69. The van der Waals surface area contributed by atoms with Crippen LogP contribution in [0.1, 0.15) is 19.4 Å². The number of aryl methyl sites for hydroxylation is 1. The molecule has 1 rings (SSSR count). The van der Waals surface area contributed by atoms with Crippen LogP contribution in [0.2, 0.25) is 0 Å². The molecule has 0 fully saturated rings. The fourth-order valence-corrected chi connectivity index (χ4v) is 2.76. The Labute approximate surface area is 95.3 Å². The van der Waals surface area contributed by atoms with Gasteiger partial charge in [-0.1, -0.05) is 17.7 Å². The zero-order valence-electron chi connectivity index (χ0n) is 9.01. The third-order valence-electron chi connectivity index (χ3n) is 1.59. The van der Waals surface area contributed by atoms with Crippen LogP contribution in [-0.2, 0) is 16.3 Å². The van der Waals surface area contributed by atoms with E-state index in [0.717, 1.165) is 5.56 Å². The molecule has 0 heterocycles.